The second-order valence-electron chi connectivity index (χ2n) is 5.52. The number of aromatic nitrogens is 1. The van der Waals surface area contributed by atoms with Gasteiger partial charge in [-0.1, -0.05) is 0 Å². The van der Waals surface area contributed by atoms with Crippen molar-refractivity contribution in [2.24, 2.45) is 0 Å². The van der Waals surface area contributed by atoms with Gasteiger partial charge in [0.2, 0.25) is 5.88 Å². The van der Waals surface area contributed by atoms with Crippen molar-refractivity contribution >= 4 is 11.9 Å². The largest absolute Gasteiger partial charge is 0.471 e. The van der Waals surface area contributed by atoms with E-state index >= 15 is 0 Å². The van der Waals surface area contributed by atoms with Gasteiger partial charge >= 0.3 is 5.97 Å². The number of carbonyl (C=O) groups is 2. The summed E-state index contributed by atoms with van der Waals surface area (Å²) in [5.41, 5.74) is 1.37. The van der Waals surface area contributed by atoms with E-state index in [0.717, 1.165) is 0 Å². The molecule has 2 aromatic rings. The number of ether oxygens (including phenoxy) is 2. The Balaban J connectivity index is 1.54. The normalized spacial score (nSPS) is 13.5. The molecule has 7 nitrogen and oxygen atoms in total. The van der Waals surface area contributed by atoms with E-state index < -0.39 is 5.97 Å². The maximum absolute atomic E-state index is 12.4. The Morgan fingerprint density at radius 3 is 2.40 bits per heavy atom. The average Bonchev–Trinajstić information content (AvgIpc) is 2.63. The third-order valence-corrected chi connectivity index (χ3v) is 3.84. The molecule has 0 spiro atoms. The molecular formula is C18H15N3O4. The van der Waals surface area contributed by atoms with E-state index in [1.165, 1.54) is 13.3 Å². The first-order valence-corrected chi connectivity index (χ1v) is 7.61. The average molecular weight is 337 g/mol. The molecule has 0 radical (unpaired) electrons. The predicted octanol–water partition coefficient (Wildman–Crippen LogP) is 1.64. The molecule has 7 heteroatoms. The number of benzene rings is 1. The Morgan fingerprint density at radius 2 is 1.84 bits per heavy atom. The summed E-state index contributed by atoms with van der Waals surface area (Å²) in [7, 11) is 1.31. The van der Waals surface area contributed by atoms with Gasteiger partial charge in [-0.3, -0.25) is 4.79 Å². The Hall–Kier alpha value is -3.40. The van der Waals surface area contributed by atoms with E-state index in [1.807, 2.05) is 6.07 Å². The van der Waals surface area contributed by atoms with Gasteiger partial charge in [-0.25, -0.2) is 9.78 Å². The van der Waals surface area contributed by atoms with E-state index in [9.17, 15) is 9.59 Å². The van der Waals surface area contributed by atoms with E-state index in [4.69, 9.17) is 10.00 Å². The zero-order chi connectivity index (χ0) is 17.8. The molecule has 3 rings (SSSR count). The molecule has 1 aliphatic heterocycles. The molecule has 0 atom stereocenters. The van der Waals surface area contributed by atoms with Crippen molar-refractivity contribution in [2.45, 2.75) is 6.10 Å². The number of nitrogens with zero attached hydrogens (tertiary/aromatic N) is 3. The van der Waals surface area contributed by atoms with Crippen LogP contribution in [-0.2, 0) is 4.74 Å². The maximum Gasteiger partial charge on any atom is 0.337 e. The highest BCUT2D eigenvalue weighted by molar-refractivity contribution is 5.96. The highest BCUT2D eigenvalue weighted by Gasteiger charge is 2.33. The van der Waals surface area contributed by atoms with E-state index in [2.05, 4.69) is 9.72 Å². The number of likely N-dealkylation sites (tertiary alicyclic amines) is 1. The number of carbonyl (C=O) groups excluding carboxylic acids is 2. The number of nitriles is 1. The Labute approximate surface area is 144 Å². The molecule has 1 aliphatic rings. The van der Waals surface area contributed by atoms with Crippen LogP contribution < -0.4 is 4.74 Å². The lowest BCUT2D eigenvalue weighted by Gasteiger charge is -2.38. The smallest absolute Gasteiger partial charge is 0.337 e. The van der Waals surface area contributed by atoms with Gasteiger partial charge in [-0.15, -0.1) is 0 Å². The topological polar surface area (TPSA) is 92.5 Å². The summed E-state index contributed by atoms with van der Waals surface area (Å²) >= 11 is 0. The summed E-state index contributed by atoms with van der Waals surface area (Å²) in [5, 5.41) is 8.73. The Kier molecular flexibility index (Phi) is 4.61. The van der Waals surface area contributed by atoms with Crippen molar-refractivity contribution in [3.05, 3.63) is 59.3 Å². The predicted molar refractivity (Wildman–Crippen MR) is 87.1 cm³/mol. The van der Waals surface area contributed by atoms with Gasteiger partial charge in [0.05, 0.1) is 31.3 Å². The van der Waals surface area contributed by atoms with Crippen LogP contribution >= 0.6 is 0 Å². The fraction of sp³-hybridized carbons (Fsp3) is 0.222. The Morgan fingerprint density at radius 1 is 1.16 bits per heavy atom. The van der Waals surface area contributed by atoms with Gasteiger partial charge in [0, 0.05) is 17.8 Å². The van der Waals surface area contributed by atoms with Crippen LogP contribution in [0.25, 0.3) is 0 Å². The molecule has 1 aromatic carbocycles. The summed E-state index contributed by atoms with van der Waals surface area (Å²) in [6, 6.07) is 11.6. The lowest BCUT2D eigenvalue weighted by atomic mass is 10.1. The van der Waals surface area contributed by atoms with Crippen LogP contribution in [0, 0.1) is 11.3 Å². The third kappa shape index (κ3) is 3.58. The summed E-state index contributed by atoms with van der Waals surface area (Å²) in [5.74, 6) is -0.131. The number of amides is 1. The minimum Gasteiger partial charge on any atom is -0.471 e. The maximum atomic E-state index is 12.4. The van der Waals surface area contributed by atoms with Crippen LogP contribution in [-0.4, -0.2) is 48.1 Å². The SMILES string of the molecule is COC(=O)c1ccc(C(=O)N2CC(Oc3ccc(C#N)cn3)C2)cc1. The van der Waals surface area contributed by atoms with Gasteiger partial charge < -0.3 is 14.4 Å². The van der Waals surface area contributed by atoms with Crippen molar-refractivity contribution in [1.29, 1.82) is 5.26 Å². The molecule has 1 aromatic heterocycles. The molecule has 1 amide bonds. The van der Waals surface area contributed by atoms with Crippen molar-refractivity contribution < 1.29 is 19.1 Å². The highest BCUT2D eigenvalue weighted by Crippen LogP contribution is 2.19. The standard InChI is InChI=1S/C18H15N3O4/c1-24-18(23)14-5-3-13(4-6-14)17(22)21-10-15(11-21)25-16-7-2-12(8-19)9-20-16/h2-7,9,15H,10-11H2,1H3. The van der Waals surface area contributed by atoms with Gasteiger partial charge in [-0.05, 0) is 30.3 Å². The summed E-state index contributed by atoms with van der Waals surface area (Å²) in [6.45, 7) is 0.915. The number of hydrogen-bond donors (Lipinski definition) is 0. The number of hydrogen-bond acceptors (Lipinski definition) is 6. The van der Waals surface area contributed by atoms with Crippen LogP contribution in [0.1, 0.15) is 26.3 Å². The summed E-state index contributed by atoms with van der Waals surface area (Å²) < 4.78 is 10.3. The van der Waals surface area contributed by atoms with Crippen LogP contribution in [0.5, 0.6) is 5.88 Å². The van der Waals surface area contributed by atoms with Crippen LogP contribution in [0.4, 0.5) is 0 Å². The van der Waals surface area contributed by atoms with E-state index in [-0.39, 0.29) is 12.0 Å². The van der Waals surface area contributed by atoms with E-state index in [0.29, 0.717) is 35.7 Å². The van der Waals surface area contributed by atoms with Gasteiger partial charge in [-0.2, -0.15) is 5.26 Å². The first-order chi connectivity index (χ1) is 12.1. The number of pyridine rings is 1. The first kappa shape index (κ1) is 16.5. The van der Waals surface area contributed by atoms with Crippen LogP contribution in [0.3, 0.4) is 0 Å². The monoisotopic (exact) mass is 337 g/mol. The second kappa shape index (κ2) is 7.01. The molecule has 1 fully saturated rings. The van der Waals surface area contributed by atoms with Crippen LogP contribution in [0.2, 0.25) is 0 Å². The molecule has 0 saturated carbocycles. The van der Waals surface area contributed by atoms with Crippen molar-refractivity contribution in [3.8, 4) is 11.9 Å². The molecule has 2 heterocycles. The second-order valence-corrected chi connectivity index (χ2v) is 5.52. The Bertz CT molecular complexity index is 819. The summed E-state index contributed by atoms with van der Waals surface area (Å²) in [6.07, 6.45) is 1.32. The first-order valence-electron chi connectivity index (χ1n) is 7.61. The lowest BCUT2D eigenvalue weighted by molar-refractivity contribution is 0.0160. The highest BCUT2D eigenvalue weighted by atomic mass is 16.5. The molecule has 1 saturated heterocycles. The molecular weight excluding hydrogens is 322 g/mol. The number of methoxy groups -OCH3 is 1. The summed E-state index contributed by atoms with van der Waals surface area (Å²) in [4.78, 5) is 29.5. The fourth-order valence-corrected chi connectivity index (χ4v) is 2.41. The van der Waals surface area contributed by atoms with Gasteiger partial charge in [0.15, 0.2) is 0 Å². The minimum atomic E-state index is -0.439. The van der Waals surface area contributed by atoms with Crippen LogP contribution in [0.15, 0.2) is 42.6 Å². The molecule has 0 aliphatic carbocycles. The molecule has 0 bridgehead atoms. The fourth-order valence-electron chi connectivity index (χ4n) is 2.41. The number of rotatable bonds is 4. The molecule has 25 heavy (non-hydrogen) atoms. The van der Waals surface area contributed by atoms with Gasteiger partial charge in [0.25, 0.3) is 5.91 Å². The molecule has 126 valence electrons. The third-order valence-electron chi connectivity index (χ3n) is 3.84. The van der Waals surface area contributed by atoms with Crippen molar-refractivity contribution in [3.63, 3.8) is 0 Å². The van der Waals surface area contributed by atoms with Crippen molar-refractivity contribution in [1.82, 2.24) is 9.88 Å². The zero-order valence-electron chi connectivity index (χ0n) is 13.5. The van der Waals surface area contributed by atoms with E-state index in [1.54, 1.807) is 41.3 Å². The lowest BCUT2D eigenvalue weighted by Crippen LogP contribution is -2.56. The number of esters is 1. The van der Waals surface area contributed by atoms with Gasteiger partial charge in [0.1, 0.15) is 12.2 Å². The molecule has 0 N–H and O–H groups in total. The quantitative estimate of drug-likeness (QED) is 0.788. The molecule has 0 unspecified atom stereocenters. The van der Waals surface area contributed by atoms with Crippen molar-refractivity contribution in [2.75, 3.05) is 20.2 Å². The zero-order valence-corrected chi connectivity index (χ0v) is 13.5. The minimum absolute atomic E-state index is 0.121.